The SMILES string of the molecule is O=P(O)(O)O[SiH3].[MgH2]. The Morgan fingerprint density at radius 3 is 1.71 bits per heavy atom. The average Bonchev–Trinajstić information content (AvgIpc) is 1.35. The first-order valence-corrected chi connectivity index (χ1v) is 3.52. The third-order valence-electron chi connectivity index (χ3n) is 0.238. The van der Waals surface area contributed by atoms with Crippen LogP contribution in [0.25, 0.3) is 0 Å². The molecule has 0 rings (SSSR count). The molecule has 0 amide bonds. The summed E-state index contributed by atoms with van der Waals surface area (Å²) < 4.78 is 13.2. The van der Waals surface area contributed by atoms with Gasteiger partial charge in [-0.3, -0.25) is 0 Å². The highest BCUT2D eigenvalue weighted by molar-refractivity contribution is 7.47. The van der Waals surface area contributed by atoms with Gasteiger partial charge < -0.3 is 14.0 Å². The van der Waals surface area contributed by atoms with Gasteiger partial charge in [-0.1, -0.05) is 0 Å². The fraction of sp³-hybridized carbons (Fsp3) is 0. The van der Waals surface area contributed by atoms with Gasteiger partial charge in [0.1, 0.15) is 0 Å². The summed E-state index contributed by atoms with van der Waals surface area (Å²) in [5, 5.41) is 0. The summed E-state index contributed by atoms with van der Waals surface area (Å²) >= 11 is 0. The molecule has 0 saturated carbocycles. The summed E-state index contributed by atoms with van der Waals surface area (Å²) in [5.74, 6) is 0. The summed E-state index contributed by atoms with van der Waals surface area (Å²) in [4.78, 5) is 15.5. The van der Waals surface area contributed by atoms with Crippen LogP contribution < -0.4 is 0 Å². The highest BCUT2D eigenvalue weighted by atomic mass is 31.2. The lowest BCUT2D eigenvalue weighted by atomic mass is 15.7. The van der Waals surface area contributed by atoms with Gasteiger partial charge >= 0.3 is 30.9 Å². The van der Waals surface area contributed by atoms with Crippen molar-refractivity contribution in [3.8, 4) is 0 Å². The normalized spacial score (nSPS) is 10.6. The van der Waals surface area contributed by atoms with E-state index in [9.17, 15) is 4.57 Å². The Kier molecular flexibility index (Phi) is 6.30. The Labute approximate surface area is 60.2 Å². The first-order valence-electron chi connectivity index (χ1n) is 1.17. The van der Waals surface area contributed by atoms with Crippen molar-refractivity contribution >= 4 is 41.4 Å². The minimum Gasteiger partial charge on any atom is -0.342 e. The minimum absolute atomic E-state index is 0. The first kappa shape index (κ1) is 11.0. The fourth-order valence-corrected chi connectivity index (χ4v) is 0. The molecule has 0 aliphatic heterocycles. The Morgan fingerprint density at radius 1 is 1.57 bits per heavy atom. The van der Waals surface area contributed by atoms with Gasteiger partial charge in [0.15, 0.2) is 10.5 Å². The summed E-state index contributed by atoms with van der Waals surface area (Å²) in [5.41, 5.74) is 0. The van der Waals surface area contributed by atoms with Crippen molar-refractivity contribution in [3.05, 3.63) is 0 Å². The lowest BCUT2D eigenvalue weighted by Gasteiger charge is -1.94. The first-order chi connectivity index (χ1) is 2.56. The van der Waals surface area contributed by atoms with Crippen LogP contribution in [0.1, 0.15) is 0 Å². The predicted molar refractivity (Wildman–Crippen MR) is 31.6 cm³/mol. The second kappa shape index (κ2) is 4.02. The second-order valence-electron chi connectivity index (χ2n) is 0.673. The molecule has 0 bridgehead atoms. The molecule has 0 aromatic carbocycles. The Morgan fingerprint density at radius 2 is 1.71 bits per heavy atom. The van der Waals surface area contributed by atoms with Crippen LogP contribution in [0.3, 0.4) is 0 Å². The molecule has 2 N–H and O–H groups in total. The lowest BCUT2D eigenvalue weighted by molar-refractivity contribution is 0.292. The van der Waals surface area contributed by atoms with Crippen molar-refractivity contribution in [1.82, 2.24) is 0 Å². The van der Waals surface area contributed by atoms with Crippen molar-refractivity contribution in [1.29, 1.82) is 0 Å². The summed E-state index contributed by atoms with van der Waals surface area (Å²) in [6, 6.07) is 0. The molecule has 0 spiro atoms. The molecule has 0 saturated heterocycles. The van der Waals surface area contributed by atoms with Gasteiger partial charge in [0, 0.05) is 0 Å². The molecule has 4 nitrogen and oxygen atoms in total. The van der Waals surface area contributed by atoms with E-state index < -0.39 is 7.82 Å². The molecule has 0 heterocycles. The smallest absolute Gasteiger partial charge is 0.342 e. The van der Waals surface area contributed by atoms with Gasteiger partial charge in [0.2, 0.25) is 0 Å². The van der Waals surface area contributed by atoms with Gasteiger partial charge in [-0.2, -0.15) is 0 Å². The quantitative estimate of drug-likeness (QED) is 0.323. The van der Waals surface area contributed by atoms with Crippen LogP contribution in [-0.4, -0.2) is 43.3 Å². The summed E-state index contributed by atoms with van der Waals surface area (Å²) in [7, 11) is -4.00. The molecule has 0 aliphatic rings. The highest BCUT2D eigenvalue weighted by Gasteiger charge is 2.06. The van der Waals surface area contributed by atoms with E-state index in [2.05, 4.69) is 4.21 Å². The van der Waals surface area contributed by atoms with Crippen molar-refractivity contribution in [2.45, 2.75) is 0 Å². The molecule has 0 radical (unpaired) electrons. The van der Waals surface area contributed by atoms with E-state index in [-0.39, 0.29) is 33.5 Å². The van der Waals surface area contributed by atoms with Crippen LogP contribution in [0.2, 0.25) is 0 Å². The molecule has 0 aromatic rings. The maximum absolute atomic E-state index is 9.51. The lowest BCUT2D eigenvalue weighted by Crippen LogP contribution is -1.78. The van der Waals surface area contributed by atoms with Crippen molar-refractivity contribution in [2.24, 2.45) is 0 Å². The number of rotatable bonds is 1. The second-order valence-corrected chi connectivity index (χ2v) is 3.11. The predicted octanol–water partition coefficient (Wildman–Crippen LogP) is -2.54. The number of hydrogen-bond donors (Lipinski definition) is 2. The maximum Gasteiger partial charge on any atom is 0.458 e. The Balaban J connectivity index is 0. The molecular weight excluding hydrogens is 147 g/mol. The number of hydrogen-bond acceptors (Lipinski definition) is 2. The summed E-state index contributed by atoms with van der Waals surface area (Å²) in [6.45, 7) is 0. The van der Waals surface area contributed by atoms with Crippen LogP contribution in [-0.2, 0) is 8.78 Å². The Hall–Kier alpha value is 1.09. The maximum atomic E-state index is 9.51. The van der Waals surface area contributed by atoms with Gasteiger partial charge in [-0.05, 0) is 0 Å². The monoisotopic (exact) mass is 154 g/mol. The molecule has 0 fully saturated rings. The molecule has 7 heteroatoms. The van der Waals surface area contributed by atoms with Gasteiger partial charge in [0.05, 0.1) is 0 Å². The van der Waals surface area contributed by atoms with Crippen molar-refractivity contribution in [3.63, 3.8) is 0 Å². The van der Waals surface area contributed by atoms with Crippen molar-refractivity contribution in [2.75, 3.05) is 0 Å². The average molecular weight is 154 g/mol. The van der Waals surface area contributed by atoms with Gasteiger partial charge in [0.25, 0.3) is 0 Å². The molecular formula is H7MgO4PSi. The zero-order valence-corrected chi connectivity index (χ0v) is 6.05. The molecule has 0 aromatic heterocycles. The van der Waals surface area contributed by atoms with E-state index in [1.807, 2.05) is 0 Å². The third kappa shape index (κ3) is 11.0. The zero-order valence-electron chi connectivity index (χ0n) is 3.16. The Bertz CT molecular complexity index is 75.8. The van der Waals surface area contributed by atoms with E-state index in [1.165, 1.54) is 0 Å². The highest BCUT2D eigenvalue weighted by Crippen LogP contribution is 2.33. The van der Waals surface area contributed by atoms with E-state index in [1.54, 1.807) is 0 Å². The molecule has 7 heavy (non-hydrogen) atoms. The van der Waals surface area contributed by atoms with Crippen LogP contribution in [0, 0.1) is 0 Å². The van der Waals surface area contributed by atoms with Crippen LogP contribution in [0.4, 0.5) is 0 Å². The van der Waals surface area contributed by atoms with E-state index >= 15 is 0 Å². The number of phosphoric acid groups is 1. The van der Waals surface area contributed by atoms with Gasteiger partial charge in [-0.15, -0.1) is 0 Å². The largest absolute Gasteiger partial charge is 0.458 e. The molecule has 0 atom stereocenters. The third-order valence-corrected chi connectivity index (χ3v) is 2.14. The standard InChI is InChI=1S/Mg.H5O4PSi.2H/c;1-5(2,3)4-6;;/h;6H3,(H2,1,2,3);;. The topological polar surface area (TPSA) is 66.8 Å². The van der Waals surface area contributed by atoms with E-state index in [0.717, 1.165) is 0 Å². The minimum atomic E-state index is -4.08. The van der Waals surface area contributed by atoms with E-state index in [4.69, 9.17) is 9.79 Å². The summed E-state index contributed by atoms with van der Waals surface area (Å²) in [6.07, 6.45) is 0. The fourth-order valence-electron chi connectivity index (χ4n) is 0. The molecule has 0 unspecified atom stereocenters. The van der Waals surface area contributed by atoms with Crippen LogP contribution in [0.15, 0.2) is 0 Å². The molecule has 0 aliphatic carbocycles. The van der Waals surface area contributed by atoms with Crippen LogP contribution in [0.5, 0.6) is 0 Å². The van der Waals surface area contributed by atoms with Crippen LogP contribution >= 0.6 is 7.82 Å². The van der Waals surface area contributed by atoms with Crippen molar-refractivity contribution < 1.29 is 18.6 Å². The molecule has 42 valence electrons. The van der Waals surface area contributed by atoms with Gasteiger partial charge in [-0.25, -0.2) is 4.57 Å². The zero-order chi connectivity index (χ0) is 5.21. The van der Waals surface area contributed by atoms with E-state index in [0.29, 0.717) is 0 Å².